The fraction of sp³-hybridized carbons (Fsp3) is 0.318. The lowest BCUT2D eigenvalue weighted by Crippen LogP contribution is -2.63. The number of halogens is 1. The Bertz CT molecular complexity index is 1070. The number of methoxy groups -OCH3 is 1. The predicted molar refractivity (Wildman–Crippen MR) is 120 cm³/mol. The summed E-state index contributed by atoms with van der Waals surface area (Å²) in [5.41, 5.74) is 2.70. The Morgan fingerprint density at radius 2 is 1.93 bits per heavy atom. The van der Waals surface area contributed by atoms with Gasteiger partial charge in [-0.3, -0.25) is 10.1 Å². The van der Waals surface area contributed by atoms with Crippen LogP contribution in [0.3, 0.4) is 0 Å². The van der Waals surface area contributed by atoms with E-state index in [0.717, 1.165) is 26.6 Å². The summed E-state index contributed by atoms with van der Waals surface area (Å²) < 4.78 is 6.46. The minimum atomic E-state index is -0.458. The van der Waals surface area contributed by atoms with Crippen molar-refractivity contribution in [2.45, 2.75) is 32.6 Å². The van der Waals surface area contributed by atoms with E-state index >= 15 is 0 Å². The molecule has 0 bridgehead atoms. The van der Waals surface area contributed by atoms with E-state index < -0.39 is 6.29 Å². The van der Waals surface area contributed by atoms with Crippen molar-refractivity contribution in [3.63, 3.8) is 0 Å². The number of ether oxygens (including phenoxy) is 1. The van der Waals surface area contributed by atoms with Crippen molar-refractivity contribution in [1.29, 1.82) is 0 Å². The van der Waals surface area contributed by atoms with Crippen LogP contribution < -0.4 is 20.7 Å². The van der Waals surface area contributed by atoms with Crippen molar-refractivity contribution < 1.29 is 9.53 Å². The van der Waals surface area contributed by atoms with E-state index in [2.05, 4.69) is 41.8 Å². The average Bonchev–Trinajstić information content (AvgIpc) is 2.72. The summed E-state index contributed by atoms with van der Waals surface area (Å²) in [6, 6.07) is 13.8. The Morgan fingerprint density at radius 1 is 1.17 bits per heavy atom. The summed E-state index contributed by atoms with van der Waals surface area (Å²) in [4.78, 5) is 21.9. The Labute approximate surface area is 183 Å². The first-order chi connectivity index (χ1) is 14.4. The minimum absolute atomic E-state index is 0.00300. The summed E-state index contributed by atoms with van der Waals surface area (Å²) in [7, 11) is 1.62. The average molecular weight is 470 g/mol. The summed E-state index contributed by atoms with van der Waals surface area (Å²) in [6.45, 7) is 3.95. The normalized spacial score (nSPS) is 21.3. The maximum absolute atomic E-state index is 12.8. The van der Waals surface area contributed by atoms with Crippen LogP contribution in [0.1, 0.15) is 18.2 Å². The van der Waals surface area contributed by atoms with E-state index in [4.69, 9.17) is 4.74 Å². The molecule has 0 spiro atoms. The first kappa shape index (κ1) is 20.6. The monoisotopic (exact) mass is 469 g/mol. The van der Waals surface area contributed by atoms with Crippen LogP contribution in [0.25, 0.3) is 10.9 Å². The number of rotatable bonds is 5. The molecule has 30 heavy (non-hydrogen) atoms. The van der Waals surface area contributed by atoms with Gasteiger partial charge < -0.3 is 15.4 Å². The Kier molecular flexibility index (Phi) is 5.87. The maximum Gasteiger partial charge on any atom is 0.227 e. The van der Waals surface area contributed by atoms with Gasteiger partial charge >= 0.3 is 0 Å². The van der Waals surface area contributed by atoms with E-state index in [1.165, 1.54) is 0 Å². The number of hydrogen-bond donors (Lipinski definition) is 3. The van der Waals surface area contributed by atoms with Crippen molar-refractivity contribution in [3.8, 4) is 5.75 Å². The predicted octanol–water partition coefficient (Wildman–Crippen LogP) is 3.37. The number of carbonyl (C=O) groups excluding carboxylic acids is 1. The molecule has 1 amide bonds. The molecule has 2 aromatic carbocycles. The van der Waals surface area contributed by atoms with E-state index in [-0.39, 0.29) is 17.9 Å². The zero-order valence-corrected chi connectivity index (χ0v) is 18.7. The first-order valence-corrected chi connectivity index (χ1v) is 10.6. The smallest absolute Gasteiger partial charge is 0.227 e. The van der Waals surface area contributed by atoms with Crippen LogP contribution in [-0.4, -0.2) is 35.3 Å². The number of anilines is 1. The quantitative estimate of drug-likeness (QED) is 0.530. The molecule has 3 unspecified atom stereocenters. The standard InChI is InChI=1S/C22H24BrN5O2/c1-12-16-5-4-6-18(30-3)19(16)26-21(24-12)28-22-25-13(2)17(20(29)27-22)11-14-7-9-15(23)10-8-14/h4-10,13,17,22,25H,11H2,1-3H3,(H,27,29)(H,24,26,28). The van der Waals surface area contributed by atoms with Crippen LogP contribution in [0.15, 0.2) is 46.9 Å². The number of nitrogens with zero attached hydrogens (tertiary/aromatic N) is 2. The van der Waals surface area contributed by atoms with Gasteiger partial charge in [-0.05, 0) is 44.0 Å². The lowest BCUT2D eigenvalue weighted by atomic mass is 9.91. The Balaban J connectivity index is 1.49. The molecule has 1 aliphatic heterocycles. The fourth-order valence-electron chi connectivity index (χ4n) is 3.76. The molecule has 156 valence electrons. The number of amides is 1. The number of nitrogens with one attached hydrogen (secondary N) is 3. The second kappa shape index (κ2) is 8.57. The van der Waals surface area contributed by atoms with Crippen LogP contribution in [-0.2, 0) is 11.2 Å². The molecule has 1 aliphatic rings. The summed E-state index contributed by atoms with van der Waals surface area (Å²) in [5.74, 6) is 0.950. The van der Waals surface area contributed by atoms with Crippen molar-refractivity contribution in [3.05, 3.63) is 58.2 Å². The summed E-state index contributed by atoms with van der Waals surface area (Å²) in [5, 5.41) is 10.5. The molecule has 3 aromatic rings. The number of aryl methyl sites for hydroxylation is 1. The highest BCUT2D eigenvalue weighted by Crippen LogP contribution is 2.26. The van der Waals surface area contributed by atoms with Crippen molar-refractivity contribution in [2.24, 2.45) is 5.92 Å². The third-order valence-corrected chi connectivity index (χ3v) is 5.93. The topological polar surface area (TPSA) is 88.2 Å². The third kappa shape index (κ3) is 4.24. The minimum Gasteiger partial charge on any atom is -0.494 e. The van der Waals surface area contributed by atoms with Gasteiger partial charge in [0.2, 0.25) is 11.9 Å². The molecular formula is C22H24BrN5O2. The molecule has 1 saturated heterocycles. The van der Waals surface area contributed by atoms with E-state index in [9.17, 15) is 4.79 Å². The van der Waals surface area contributed by atoms with Crippen LogP contribution in [0.2, 0.25) is 0 Å². The fourth-order valence-corrected chi connectivity index (χ4v) is 4.02. The maximum atomic E-state index is 12.8. The van der Waals surface area contributed by atoms with Crippen molar-refractivity contribution >= 4 is 38.7 Å². The van der Waals surface area contributed by atoms with Gasteiger partial charge in [0.25, 0.3) is 0 Å². The number of para-hydroxylation sites is 1. The van der Waals surface area contributed by atoms with Gasteiger partial charge in [0, 0.05) is 15.9 Å². The highest BCUT2D eigenvalue weighted by Gasteiger charge is 2.33. The molecule has 0 saturated carbocycles. The molecule has 4 rings (SSSR count). The number of aromatic nitrogens is 2. The molecule has 8 heteroatoms. The van der Waals surface area contributed by atoms with Gasteiger partial charge in [-0.25, -0.2) is 9.97 Å². The first-order valence-electron chi connectivity index (χ1n) is 9.83. The number of carbonyl (C=O) groups is 1. The largest absolute Gasteiger partial charge is 0.494 e. The number of benzene rings is 2. The number of hydrogen-bond acceptors (Lipinski definition) is 6. The van der Waals surface area contributed by atoms with Crippen LogP contribution in [0.4, 0.5) is 5.95 Å². The van der Waals surface area contributed by atoms with Crippen LogP contribution in [0.5, 0.6) is 5.75 Å². The Morgan fingerprint density at radius 3 is 2.63 bits per heavy atom. The second-order valence-corrected chi connectivity index (χ2v) is 8.38. The van der Waals surface area contributed by atoms with Gasteiger partial charge in [0.15, 0.2) is 6.29 Å². The van der Waals surface area contributed by atoms with Gasteiger partial charge in [0.05, 0.1) is 18.7 Å². The zero-order valence-electron chi connectivity index (χ0n) is 17.1. The SMILES string of the molecule is COc1cccc2c(C)nc(NC3NC(=O)C(Cc4ccc(Br)cc4)C(C)N3)nc12. The molecule has 0 radical (unpaired) electrons. The van der Waals surface area contributed by atoms with Crippen LogP contribution in [0, 0.1) is 12.8 Å². The lowest BCUT2D eigenvalue weighted by molar-refractivity contribution is -0.128. The van der Waals surface area contributed by atoms with Crippen LogP contribution >= 0.6 is 15.9 Å². The van der Waals surface area contributed by atoms with Gasteiger partial charge in [-0.15, -0.1) is 0 Å². The highest BCUT2D eigenvalue weighted by molar-refractivity contribution is 9.10. The molecule has 1 aromatic heterocycles. The van der Waals surface area contributed by atoms with E-state index in [1.807, 2.05) is 56.3 Å². The summed E-state index contributed by atoms with van der Waals surface area (Å²) in [6.07, 6.45) is 0.211. The highest BCUT2D eigenvalue weighted by atomic mass is 79.9. The van der Waals surface area contributed by atoms with E-state index in [1.54, 1.807) is 7.11 Å². The van der Waals surface area contributed by atoms with Crippen molar-refractivity contribution in [1.82, 2.24) is 20.6 Å². The summed E-state index contributed by atoms with van der Waals surface area (Å²) >= 11 is 3.44. The molecule has 1 fully saturated rings. The second-order valence-electron chi connectivity index (χ2n) is 7.47. The van der Waals surface area contributed by atoms with Gasteiger partial charge in [-0.2, -0.15) is 0 Å². The molecule has 3 atom stereocenters. The van der Waals surface area contributed by atoms with Crippen molar-refractivity contribution in [2.75, 3.05) is 12.4 Å². The van der Waals surface area contributed by atoms with Gasteiger partial charge in [-0.1, -0.05) is 40.2 Å². The van der Waals surface area contributed by atoms with E-state index in [0.29, 0.717) is 18.1 Å². The third-order valence-electron chi connectivity index (χ3n) is 5.40. The lowest BCUT2D eigenvalue weighted by Gasteiger charge is -2.36. The molecule has 3 N–H and O–H groups in total. The molecular weight excluding hydrogens is 446 g/mol. The van der Waals surface area contributed by atoms with Gasteiger partial charge in [0.1, 0.15) is 11.3 Å². The number of fused-ring (bicyclic) bond motifs is 1. The molecule has 0 aliphatic carbocycles. The molecule has 2 heterocycles. The zero-order chi connectivity index (χ0) is 21.3. The Hall–Kier alpha value is -2.71. The molecule has 7 nitrogen and oxygen atoms in total.